The van der Waals surface area contributed by atoms with Crippen LogP contribution in [0.3, 0.4) is 0 Å². The maximum Gasteiger partial charge on any atom is 0.252 e. The van der Waals surface area contributed by atoms with Crippen LogP contribution in [0.5, 0.6) is 0 Å². The van der Waals surface area contributed by atoms with Crippen LogP contribution in [-0.4, -0.2) is 20.2 Å². The molecule has 1 aliphatic rings. The van der Waals surface area contributed by atoms with E-state index in [1.807, 2.05) is 0 Å². The molecule has 0 spiro atoms. The molecule has 26 heavy (non-hydrogen) atoms. The second-order valence-electron chi connectivity index (χ2n) is 5.63. The van der Waals surface area contributed by atoms with E-state index in [0.717, 1.165) is 0 Å². The second-order valence-corrected chi connectivity index (χ2v) is 7.19. The number of anilines is 2. The Hall–Kier alpha value is -3.22. The van der Waals surface area contributed by atoms with Gasteiger partial charge in [-0.25, -0.2) is 13.6 Å². The first kappa shape index (κ1) is 17.6. The SMILES string of the molecule is N#CCC(=O)N1c2ccc(S(N)(=O)=O)cc2NC(=O)C1c1ccccc1. The van der Waals surface area contributed by atoms with Gasteiger partial charge in [0.15, 0.2) is 0 Å². The first-order valence-electron chi connectivity index (χ1n) is 7.54. The predicted octanol–water partition coefficient (Wildman–Crippen LogP) is 1.27. The first-order valence-corrected chi connectivity index (χ1v) is 9.09. The molecular weight excluding hydrogens is 356 g/mol. The van der Waals surface area contributed by atoms with Crippen molar-refractivity contribution in [1.82, 2.24) is 0 Å². The molecule has 0 aromatic heterocycles. The predicted molar refractivity (Wildman–Crippen MR) is 93.3 cm³/mol. The number of carbonyl (C=O) groups excluding carboxylic acids is 2. The standard InChI is InChI=1S/C17H14N4O4S/c18-9-8-15(22)21-14-7-6-12(26(19,24)25)10-13(14)20-17(23)16(21)11-4-2-1-3-5-11/h1-7,10,16H,8H2,(H,20,23)(H2,19,24,25). The number of sulfonamides is 1. The maximum absolute atomic E-state index is 12.7. The zero-order chi connectivity index (χ0) is 18.9. The molecule has 2 amide bonds. The normalized spacial score (nSPS) is 16.4. The van der Waals surface area contributed by atoms with Crippen molar-refractivity contribution in [3.8, 4) is 6.07 Å². The average molecular weight is 370 g/mol. The molecule has 8 nitrogen and oxygen atoms in total. The quantitative estimate of drug-likeness (QED) is 0.839. The molecule has 1 aliphatic heterocycles. The highest BCUT2D eigenvalue weighted by atomic mass is 32.2. The van der Waals surface area contributed by atoms with E-state index in [-0.39, 0.29) is 10.6 Å². The van der Waals surface area contributed by atoms with Crippen LogP contribution in [-0.2, 0) is 19.6 Å². The van der Waals surface area contributed by atoms with Gasteiger partial charge in [-0.3, -0.25) is 14.5 Å². The molecule has 0 saturated heterocycles. The largest absolute Gasteiger partial charge is 0.322 e. The number of carbonyl (C=O) groups is 2. The van der Waals surface area contributed by atoms with Crippen LogP contribution in [0.2, 0.25) is 0 Å². The van der Waals surface area contributed by atoms with Crippen molar-refractivity contribution in [2.75, 3.05) is 10.2 Å². The van der Waals surface area contributed by atoms with Gasteiger partial charge >= 0.3 is 0 Å². The van der Waals surface area contributed by atoms with Crippen molar-refractivity contribution >= 4 is 33.2 Å². The number of nitrogens with one attached hydrogen (secondary N) is 1. The Kier molecular flexibility index (Phi) is 4.46. The Bertz CT molecular complexity index is 1030. The van der Waals surface area contributed by atoms with Crippen molar-refractivity contribution in [2.45, 2.75) is 17.4 Å². The molecule has 132 valence electrons. The fourth-order valence-electron chi connectivity index (χ4n) is 2.83. The minimum Gasteiger partial charge on any atom is -0.322 e. The Balaban J connectivity index is 2.17. The lowest BCUT2D eigenvalue weighted by molar-refractivity contribution is -0.123. The number of nitrogens with zero attached hydrogens (tertiary/aromatic N) is 2. The van der Waals surface area contributed by atoms with Crippen LogP contribution in [0.4, 0.5) is 11.4 Å². The van der Waals surface area contributed by atoms with E-state index in [1.54, 1.807) is 36.4 Å². The number of fused-ring (bicyclic) bond motifs is 1. The highest BCUT2D eigenvalue weighted by Gasteiger charge is 2.38. The number of amides is 2. The third-order valence-corrected chi connectivity index (χ3v) is 4.85. The highest BCUT2D eigenvalue weighted by Crippen LogP contribution is 2.39. The zero-order valence-corrected chi connectivity index (χ0v) is 14.2. The molecule has 9 heteroatoms. The maximum atomic E-state index is 12.7. The smallest absolute Gasteiger partial charge is 0.252 e. The molecule has 0 fully saturated rings. The van der Waals surface area contributed by atoms with Gasteiger partial charge in [-0.1, -0.05) is 30.3 Å². The van der Waals surface area contributed by atoms with E-state index in [0.29, 0.717) is 11.3 Å². The molecule has 2 aromatic carbocycles. The van der Waals surface area contributed by atoms with Gasteiger partial charge in [-0.05, 0) is 23.8 Å². The van der Waals surface area contributed by atoms with E-state index in [1.165, 1.54) is 23.1 Å². The molecule has 1 atom stereocenters. The van der Waals surface area contributed by atoms with E-state index in [4.69, 9.17) is 10.4 Å². The van der Waals surface area contributed by atoms with Gasteiger partial charge in [0.2, 0.25) is 15.9 Å². The van der Waals surface area contributed by atoms with Crippen LogP contribution in [0, 0.1) is 11.3 Å². The van der Waals surface area contributed by atoms with Crippen molar-refractivity contribution in [2.24, 2.45) is 5.14 Å². The summed E-state index contributed by atoms with van der Waals surface area (Å²) in [6.07, 6.45) is -0.424. The van der Waals surface area contributed by atoms with Crippen LogP contribution in [0.1, 0.15) is 18.0 Å². The third-order valence-electron chi connectivity index (χ3n) is 3.93. The zero-order valence-electron chi connectivity index (χ0n) is 13.4. The molecule has 0 aliphatic carbocycles. The summed E-state index contributed by atoms with van der Waals surface area (Å²) < 4.78 is 23.1. The molecule has 0 saturated carbocycles. The summed E-state index contributed by atoms with van der Waals surface area (Å²) in [6, 6.07) is 13.3. The van der Waals surface area contributed by atoms with E-state index < -0.39 is 34.3 Å². The lowest BCUT2D eigenvalue weighted by Crippen LogP contribution is -2.45. The minimum absolute atomic E-state index is 0.139. The number of hydrogen-bond acceptors (Lipinski definition) is 5. The fraction of sp³-hybridized carbons (Fsp3) is 0.118. The van der Waals surface area contributed by atoms with Crippen molar-refractivity contribution < 1.29 is 18.0 Å². The summed E-state index contributed by atoms with van der Waals surface area (Å²) in [5, 5.41) is 16.6. The Morgan fingerprint density at radius 1 is 1.23 bits per heavy atom. The van der Waals surface area contributed by atoms with Gasteiger partial charge in [-0.15, -0.1) is 0 Å². The average Bonchev–Trinajstić information content (AvgIpc) is 2.60. The highest BCUT2D eigenvalue weighted by molar-refractivity contribution is 7.89. The molecule has 3 rings (SSSR count). The van der Waals surface area contributed by atoms with Gasteiger partial charge in [0.1, 0.15) is 12.5 Å². The topological polar surface area (TPSA) is 133 Å². The van der Waals surface area contributed by atoms with Crippen LogP contribution in [0.15, 0.2) is 53.4 Å². The van der Waals surface area contributed by atoms with Gasteiger partial charge in [0, 0.05) is 0 Å². The van der Waals surface area contributed by atoms with E-state index >= 15 is 0 Å². The molecule has 1 heterocycles. The number of rotatable bonds is 3. The molecule has 0 bridgehead atoms. The van der Waals surface area contributed by atoms with Crippen molar-refractivity contribution in [1.29, 1.82) is 5.26 Å². The summed E-state index contributed by atoms with van der Waals surface area (Å²) in [4.78, 5) is 26.2. The van der Waals surface area contributed by atoms with E-state index in [9.17, 15) is 18.0 Å². The second kappa shape index (κ2) is 6.59. The van der Waals surface area contributed by atoms with Gasteiger partial charge in [-0.2, -0.15) is 5.26 Å². The fourth-order valence-corrected chi connectivity index (χ4v) is 3.37. The third kappa shape index (κ3) is 3.15. The van der Waals surface area contributed by atoms with Crippen LogP contribution in [0.25, 0.3) is 0 Å². The summed E-state index contributed by atoms with van der Waals surface area (Å²) in [6.45, 7) is 0. The lowest BCUT2D eigenvalue weighted by atomic mass is 9.99. The van der Waals surface area contributed by atoms with Gasteiger partial charge < -0.3 is 5.32 Å². The van der Waals surface area contributed by atoms with Gasteiger partial charge in [0.25, 0.3) is 5.91 Å². The number of nitriles is 1. The van der Waals surface area contributed by atoms with E-state index in [2.05, 4.69) is 5.32 Å². The molecule has 2 aromatic rings. The summed E-state index contributed by atoms with van der Waals surface area (Å²) in [5.74, 6) is -1.08. The molecule has 1 unspecified atom stereocenters. The monoisotopic (exact) mass is 370 g/mol. The Morgan fingerprint density at radius 2 is 1.92 bits per heavy atom. The van der Waals surface area contributed by atoms with Crippen molar-refractivity contribution in [3.63, 3.8) is 0 Å². The number of primary sulfonamides is 1. The Labute approximate surface area is 149 Å². The summed E-state index contributed by atoms with van der Waals surface area (Å²) in [5.41, 5.74) is 1.00. The number of nitrogens with two attached hydrogens (primary N) is 1. The molecule has 3 N–H and O–H groups in total. The number of hydrogen-bond donors (Lipinski definition) is 2. The summed E-state index contributed by atoms with van der Waals surface area (Å²) in [7, 11) is -3.97. The number of benzene rings is 2. The Morgan fingerprint density at radius 3 is 2.54 bits per heavy atom. The molecule has 0 radical (unpaired) electrons. The van der Waals surface area contributed by atoms with Crippen LogP contribution >= 0.6 is 0 Å². The van der Waals surface area contributed by atoms with Crippen molar-refractivity contribution in [3.05, 3.63) is 54.1 Å². The first-order chi connectivity index (χ1) is 12.3. The lowest BCUT2D eigenvalue weighted by Gasteiger charge is -2.36. The van der Waals surface area contributed by atoms with Crippen LogP contribution < -0.4 is 15.4 Å². The molecular formula is C17H14N4O4S. The van der Waals surface area contributed by atoms with Gasteiger partial charge in [0.05, 0.1) is 22.3 Å². The summed E-state index contributed by atoms with van der Waals surface area (Å²) >= 11 is 0. The minimum atomic E-state index is -3.97.